The van der Waals surface area contributed by atoms with Gasteiger partial charge in [-0.1, -0.05) is 29.3 Å². The molecule has 1 fully saturated rings. The molecule has 0 aromatic heterocycles. The Kier molecular flexibility index (Phi) is 6.60. The van der Waals surface area contributed by atoms with Crippen molar-refractivity contribution in [1.29, 1.82) is 0 Å². The smallest absolute Gasteiger partial charge is 0.409 e. The zero-order chi connectivity index (χ0) is 22.8. The lowest BCUT2D eigenvalue weighted by molar-refractivity contribution is 0.0774. The normalized spacial score (nSPS) is 17.4. The van der Waals surface area contributed by atoms with Gasteiger partial charge in [0.15, 0.2) is 5.76 Å². The number of hydrogen-bond acceptors (Lipinski definition) is 6. The van der Waals surface area contributed by atoms with Crippen LogP contribution in [0.1, 0.15) is 28.4 Å². The molecule has 0 bridgehead atoms. The minimum absolute atomic E-state index is 0.0511. The van der Waals surface area contributed by atoms with E-state index < -0.39 is 0 Å². The second-order valence-electron chi connectivity index (χ2n) is 7.51. The number of piperazine rings is 1. The summed E-state index contributed by atoms with van der Waals surface area (Å²) in [6.07, 6.45) is 1.25. The van der Waals surface area contributed by atoms with E-state index in [-0.39, 0.29) is 23.4 Å². The predicted molar refractivity (Wildman–Crippen MR) is 121 cm³/mol. The zero-order valence-corrected chi connectivity index (χ0v) is 18.9. The maximum absolute atomic E-state index is 12.9. The topological polar surface area (TPSA) is 79.3 Å². The average Bonchev–Trinajstić information content (AvgIpc) is 3.08. The number of carbonyl (C=O) groups is 2. The van der Waals surface area contributed by atoms with Crippen LogP contribution < -0.4 is 4.74 Å². The Morgan fingerprint density at radius 2 is 1.94 bits per heavy atom. The van der Waals surface area contributed by atoms with E-state index in [4.69, 9.17) is 32.7 Å². The molecule has 0 radical (unpaired) electrons. The number of fused-ring (bicyclic) bond motifs is 1. The minimum Gasteiger partial charge on any atom is -0.507 e. The molecule has 0 atom stereocenters. The summed E-state index contributed by atoms with van der Waals surface area (Å²) >= 11 is 12.2. The van der Waals surface area contributed by atoms with Crippen molar-refractivity contribution in [2.75, 3.05) is 32.8 Å². The van der Waals surface area contributed by atoms with Crippen LogP contribution >= 0.6 is 23.2 Å². The van der Waals surface area contributed by atoms with Gasteiger partial charge < -0.3 is 19.5 Å². The number of phenols is 1. The molecule has 9 heteroatoms. The third kappa shape index (κ3) is 4.55. The number of allylic oxidation sites excluding steroid dienone is 1. The Labute approximate surface area is 195 Å². The number of aromatic hydroxyl groups is 1. The van der Waals surface area contributed by atoms with Crippen LogP contribution in [0.2, 0.25) is 10.0 Å². The fourth-order valence-electron chi connectivity index (χ4n) is 3.74. The molecule has 2 heterocycles. The monoisotopic (exact) mass is 476 g/mol. The van der Waals surface area contributed by atoms with Gasteiger partial charge in [-0.3, -0.25) is 9.69 Å². The van der Waals surface area contributed by atoms with Gasteiger partial charge in [-0.2, -0.15) is 0 Å². The first-order valence-electron chi connectivity index (χ1n) is 10.3. The first-order chi connectivity index (χ1) is 15.4. The fraction of sp³-hybridized carbons (Fsp3) is 0.304. The van der Waals surface area contributed by atoms with Gasteiger partial charge in [0.2, 0.25) is 5.78 Å². The van der Waals surface area contributed by atoms with Gasteiger partial charge in [0.1, 0.15) is 11.5 Å². The Hall–Kier alpha value is -2.74. The number of amides is 1. The summed E-state index contributed by atoms with van der Waals surface area (Å²) in [6, 6.07) is 8.04. The lowest BCUT2D eigenvalue weighted by Crippen LogP contribution is -2.48. The highest BCUT2D eigenvalue weighted by atomic mass is 35.5. The quantitative estimate of drug-likeness (QED) is 0.650. The van der Waals surface area contributed by atoms with Gasteiger partial charge in [0.25, 0.3) is 0 Å². The zero-order valence-electron chi connectivity index (χ0n) is 17.4. The van der Waals surface area contributed by atoms with Gasteiger partial charge in [0, 0.05) is 42.8 Å². The lowest BCUT2D eigenvalue weighted by Gasteiger charge is -2.34. The molecule has 0 spiro atoms. The molecule has 0 saturated carbocycles. The summed E-state index contributed by atoms with van der Waals surface area (Å²) in [4.78, 5) is 28.6. The summed E-state index contributed by atoms with van der Waals surface area (Å²) in [5, 5.41) is 11.4. The van der Waals surface area contributed by atoms with Crippen LogP contribution in [0.25, 0.3) is 6.08 Å². The third-order valence-electron chi connectivity index (χ3n) is 5.45. The van der Waals surface area contributed by atoms with Crippen LogP contribution in [0.15, 0.2) is 36.1 Å². The fourth-order valence-corrected chi connectivity index (χ4v) is 4.20. The molecule has 1 saturated heterocycles. The van der Waals surface area contributed by atoms with Crippen LogP contribution in [0.5, 0.6) is 11.5 Å². The molecule has 2 aromatic carbocycles. The summed E-state index contributed by atoms with van der Waals surface area (Å²) in [5.74, 6) is 0.247. The van der Waals surface area contributed by atoms with E-state index in [1.165, 1.54) is 6.07 Å². The maximum Gasteiger partial charge on any atom is 0.409 e. The molecule has 4 rings (SSSR count). The minimum atomic E-state index is -0.319. The number of benzene rings is 2. The molecule has 7 nitrogen and oxygen atoms in total. The molecule has 2 aliphatic rings. The number of ketones is 1. The van der Waals surface area contributed by atoms with Gasteiger partial charge in [-0.25, -0.2) is 4.79 Å². The van der Waals surface area contributed by atoms with Gasteiger partial charge in [0.05, 0.1) is 17.7 Å². The number of nitrogens with zero attached hydrogens (tertiary/aromatic N) is 2. The second kappa shape index (κ2) is 9.40. The Morgan fingerprint density at radius 3 is 2.62 bits per heavy atom. The van der Waals surface area contributed by atoms with Crippen LogP contribution in [-0.2, 0) is 11.3 Å². The highest BCUT2D eigenvalue weighted by molar-refractivity contribution is 6.35. The van der Waals surface area contributed by atoms with E-state index in [1.807, 2.05) is 0 Å². The molecule has 2 aliphatic heterocycles. The van der Waals surface area contributed by atoms with Gasteiger partial charge >= 0.3 is 6.09 Å². The van der Waals surface area contributed by atoms with Crippen molar-refractivity contribution in [3.05, 3.63) is 62.8 Å². The molecule has 2 aromatic rings. The van der Waals surface area contributed by atoms with Crippen molar-refractivity contribution in [2.24, 2.45) is 0 Å². The molecular formula is C23H22Cl2N2O5. The van der Waals surface area contributed by atoms with E-state index in [1.54, 1.807) is 42.2 Å². The second-order valence-corrected chi connectivity index (χ2v) is 8.35. The van der Waals surface area contributed by atoms with Gasteiger partial charge in [-0.15, -0.1) is 0 Å². The van der Waals surface area contributed by atoms with E-state index in [9.17, 15) is 14.7 Å². The number of phenolic OH excluding ortho intramolecular Hbond substituents is 1. The summed E-state index contributed by atoms with van der Waals surface area (Å²) in [6.45, 7) is 4.76. The third-order valence-corrected chi connectivity index (χ3v) is 6.01. The molecule has 32 heavy (non-hydrogen) atoms. The molecular weight excluding hydrogens is 455 g/mol. The molecule has 0 aliphatic carbocycles. The van der Waals surface area contributed by atoms with E-state index >= 15 is 0 Å². The summed E-state index contributed by atoms with van der Waals surface area (Å²) in [7, 11) is 0. The maximum atomic E-state index is 12.9. The highest BCUT2D eigenvalue weighted by Gasteiger charge is 2.32. The van der Waals surface area contributed by atoms with Crippen LogP contribution in [0.3, 0.4) is 0 Å². The number of halogens is 2. The molecule has 1 N–H and O–H groups in total. The van der Waals surface area contributed by atoms with Gasteiger partial charge in [-0.05, 0) is 42.8 Å². The number of carbonyl (C=O) groups excluding carboxylic acids is 2. The van der Waals surface area contributed by atoms with Crippen LogP contribution in [-0.4, -0.2) is 59.6 Å². The number of rotatable bonds is 4. The Morgan fingerprint density at radius 1 is 1.19 bits per heavy atom. The van der Waals surface area contributed by atoms with Crippen molar-refractivity contribution in [3.63, 3.8) is 0 Å². The van der Waals surface area contributed by atoms with Crippen molar-refractivity contribution in [2.45, 2.75) is 13.5 Å². The number of hydrogen-bond donors (Lipinski definition) is 1. The predicted octanol–water partition coefficient (Wildman–Crippen LogP) is 4.59. The summed E-state index contributed by atoms with van der Waals surface area (Å²) in [5.41, 5.74) is 1.53. The van der Waals surface area contributed by atoms with E-state index in [0.29, 0.717) is 71.8 Å². The molecule has 1 amide bonds. The number of Topliss-reactive ketones (excluding diaryl/α,β-unsaturated/α-hetero) is 1. The SMILES string of the molecule is CCOC(=O)N1CCN(Cc2c(O)ccc3c2O/C(=C/c2ccc(Cl)cc2Cl)C3=O)CC1. The van der Waals surface area contributed by atoms with Crippen molar-refractivity contribution < 1.29 is 24.2 Å². The molecule has 0 unspecified atom stereocenters. The first kappa shape index (κ1) is 22.5. The molecule has 168 valence electrons. The Balaban J connectivity index is 1.53. The van der Waals surface area contributed by atoms with Crippen LogP contribution in [0, 0.1) is 0 Å². The van der Waals surface area contributed by atoms with Crippen molar-refractivity contribution >= 4 is 41.2 Å². The van der Waals surface area contributed by atoms with E-state index in [0.717, 1.165) is 0 Å². The van der Waals surface area contributed by atoms with Crippen LogP contribution in [0.4, 0.5) is 4.79 Å². The summed E-state index contributed by atoms with van der Waals surface area (Å²) < 4.78 is 11.0. The largest absolute Gasteiger partial charge is 0.507 e. The van der Waals surface area contributed by atoms with E-state index in [2.05, 4.69) is 4.90 Å². The number of ether oxygens (including phenoxy) is 2. The lowest BCUT2D eigenvalue weighted by atomic mass is 10.0. The van der Waals surface area contributed by atoms with Crippen molar-refractivity contribution in [1.82, 2.24) is 9.80 Å². The Bertz CT molecular complexity index is 1090. The average molecular weight is 477 g/mol. The standard InChI is InChI=1S/C23H22Cl2N2O5/c1-2-31-23(30)27-9-7-26(8-10-27)13-17-19(28)6-5-16-21(29)20(32-22(16)17)11-14-3-4-15(24)12-18(14)25/h3-6,11-12,28H,2,7-10,13H2,1H3/b20-11+. The van der Waals surface area contributed by atoms with Crippen molar-refractivity contribution in [3.8, 4) is 11.5 Å². The highest BCUT2D eigenvalue weighted by Crippen LogP contribution is 2.40. The first-order valence-corrected chi connectivity index (χ1v) is 11.0.